The number of rotatable bonds is 3. The Bertz CT molecular complexity index is 497. The maximum Gasteiger partial charge on any atom is 0.115 e. The van der Waals surface area contributed by atoms with Gasteiger partial charge in [-0.15, -0.1) is 0 Å². The van der Waals surface area contributed by atoms with Crippen molar-refractivity contribution in [1.29, 1.82) is 0 Å². The molecule has 0 aliphatic carbocycles. The summed E-state index contributed by atoms with van der Waals surface area (Å²) in [7, 11) is 0. The van der Waals surface area contributed by atoms with Crippen LogP contribution in [0.1, 0.15) is 19.4 Å². The minimum atomic E-state index is 0.252. The molecule has 2 rings (SSSR count). The number of hydrogen-bond donors (Lipinski definition) is 2. The molecule has 0 bridgehead atoms. The van der Waals surface area contributed by atoms with Crippen LogP contribution in [-0.2, 0) is 6.42 Å². The first kappa shape index (κ1) is 11.6. The second-order valence-electron chi connectivity index (χ2n) is 4.72. The van der Waals surface area contributed by atoms with E-state index in [9.17, 15) is 10.3 Å². The molecule has 1 aromatic carbocycles. The van der Waals surface area contributed by atoms with Crippen LogP contribution < -0.4 is 0 Å². The molecule has 1 heterocycles. The molecule has 1 aromatic heterocycles. The zero-order chi connectivity index (χ0) is 12.4. The fourth-order valence-corrected chi connectivity index (χ4v) is 1.99. The van der Waals surface area contributed by atoms with E-state index in [4.69, 9.17) is 0 Å². The van der Waals surface area contributed by atoms with Gasteiger partial charge in [-0.1, -0.05) is 26.0 Å². The summed E-state index contributed by atoms with van der Waals surface area (Å²) in [6.07, 6.45) is 4.36. The lowest BCUT2D eigenvalue weighted by atomic mass is 9.98. The van der Waals surface area contributed by atoms with Crippen LogP contribution in [-0.4, -0.2) is 15.0 Å². The second-order valence-corrected chi connectivity index (χ2v) is 4.72. The molecule has 3 heteroatoms. The lowest BCUT2D eigenvalue weighted by Gasteiger charge is -2.06. The second kappa shape index (κ2) is 4.53. The minimum Gasteiger partial charge on any atom is -0.508 e. The molecule has 17 heavy (non-hydrogen) atoms. The van der Waals surface area contributed by atoms with E-state index in [1.165, 1.54) is 0 Å². The molecule has 2 N–H and O–H groups in total. The molecule has 0 radical (unpaired) electrons. The van der Waals surface area contributed by atoms with E-state index in [2.05, 4.69) is 13.8 Å². The van der Waals surface area contributed by atoms with Crippen LogP contribution >= 0.6 is 0 Å². The smallest absolute Gasteiger partial charge is 0.115 e. The van der Waals surface area contributed by atoms with E-state index in [0.29, 0.717) is 5.92 Å². The Morgan fingerprint density at radius 3 is 2.35 bits per heavy atom. The summed E-state index contributed by atoms with van der Waals surface area (Å²) < 4.78 is 1.10. The summed E-state index contributed by atoms with van der Waals surface area (Å²) in [6.45, 7) is 4.30. The minimum absolute atomic E-state index is 0.252. The number of phenols is 1. The van der Waals surface area contributed by atoms with E-state index in [1.54, 1.807) is 24.5 Å². The van der Waals surface area contributed by atoms with Crippen molar-refractivity contribution in [2.75, 3.05) is 0 Å². The zero-order valence-corrected chi connectivity index (χ0v) is 10.1. The van der Waals surface area contributed by atoms with Gasteiger partial charge < -0.3 is 10.3 Å². The molecule has 0 spiro atoms. The maximum absolute atomic E-state index is 9.53. The van der Waals surface area contributed by atoms with Crippen LogP contribution in [0.2, 0.25) is 0 Å². The fourth-order valence-electron chi connectivity index (χ4n) is 1.99. The van der Waals surface area contributed by atoms with Crippen LogP contribution in [0.5, 0.6) is 5.75 Å². The van der Waals surface area contributed by atoms with Gasteiger partial charge in [0.1, 0.15) is 5.75 Å². The highest BCUT2D eigenvalue weighted by molar-refractivity contribution is 5.67. The van der Waals surface area contributed by atoms with Gasteiger partial charge in [0.15, 0.2) is 0 Å². The molecule has 0 saturated heterocycles. The summed E-state index contributed by atoms with van der Waals surface area (Å²) in [5, 5.41) is 18.8. The highest BCUT2D eigenvalue weighted by atomic mass is 16.5. The van der Waals surface area contributed by atoms with Crippen LogP contribution in [0.3, 0.4) is 0 Å². The Labute approximate surface area is 101 Å². The Kier molecular flexibility index (Phi) is 3.09. The van der Waals surface area contributed by atoms with Gasteiger partial charge in [0, 0.05) is 11.8 Å². The predicted molar refractivity (Wildman–Crippen MR) is 67.3 cm³/mol. The monoisotopic (exact) mass is 231 g/mol. The quantitative estimate of drug-likeness (QED) is 0.796. The maximum atomic E-state index is 9.53. The van der Waals surface area contributed by atoms with Gasteiger partial charge in [0.2, 0.25) is 0 Å². The molecular weight excluding hydrogens is 214 g/mol. The van der Waals surface area contributed by atoms with Gasteiger partial charge in [-0.05, 0) is 35.6 Å². The number of aromatic hydroxyl groups is 1. The van der Waals surface area contributed by atoms with Gasteiger partial charge in [-0.2, -0.15) is 0 Å². The molecule has 90 valence electrons. The van der Waals surface area contributed by atoms with Crippen molar-refractivity contribution in [1.82, 2.24) is 4.73 Å². The van der Waals surface area contributed by atoms with Gasteiger partial charge in [0.05, 0.1) is 6.20 Å². The summed E-state index contributed by atoms with van der Waals surface area (Å²) in [4.78, 5) is 0. The topological polar surface area (TPSA) is 45.4 Å². The molecule has 2 aromatic rings. The van der Waals surface area contributed by atoms with Gasteiger partial charge >= 0.3 is 0 Å². The van der Waals surface area contributed by atoms with Crippen molar-refractivity contribution >= 4 is 0 Å². The van der Waals surface area contributed by atoms with Crippen molar-refractivity contribution in [2.24, 2.45) is 5.92 Å². The first-order valence-electron chi connectivity index (χ1n) is 5.76. The number of hydrogen-bond acceptors (Lipinski definition) is 2. The van der Waals surface area contributed by atoms with E-state index >= 15 is 0 Å². The molecule has 0 aliphatic heterocycles. The third kappa shape index (κ3) is 2.61. The van der Waals surface area contributed by atoms with E-state index in [-0.39, 0.29) is 5.75 Å². The molecule has 0 amide bonds. The van der Waals surface area contributed by atoms with Gasteiger partial charge in [-0.25, -0.2) is 4.73 Å². The van der Waals surface area contributed by atoms with E-state index in [0.717, 1.165) is 27.8 Å². The van der Waals surface area contributed by atoms with Crippen LogP contribution in [0.25, 0.3) is 11.1 Å². The average molecular weight is 231 g/mol. The molecule has 0 saturated carbocycles. The van der Waals surface area contributed by atoms with Crippen molar-refractivity contribution in [2.45, 2.75) is 20.3 Å². The lowest BCUT2D eigenvalue weighted by molar-refractivity contribution is 0.187. The largest absolute Gasteiger partial charge is 0.508 e. The third-order valence-electron chi connectivity index (χ3n) is 2.70. The highest BCUT2D eigenvalue weighted by Gasteiger charge is 2.10. The molecule has 0 unspecified atom stereocenters. The molecule has 3 nitrogen and oxygen atoms in total. The highest BCUT2D eigenvalue weighted by Crippen LogP contribution is 2.27. The zero-order valence-electron chi connectivity index (χ0n) is 10.1. The van der Waals surface area contributed by atoms with Crippen molar-refractivity contribution in [3.05, 3.63) is 42.2 Å². The van der Waals surface area contributed by atoms with E-state index in [1.807, 2.05) is 12.1 Å². The van der Waals surface area contributed by atoms with Crippen LogP contribution in [0, 0.1) is 5.92 Å². The van der Waals surface area contributed by atoms with Crippen molar-refractivity contribution in [3.63, 3.8) is 0 Å². The summed E-state index contributed by atoms with van der Waals surface area (Å²) in [6, 6.07) is 7.02. The van der Waals surface area contributed by atoms with E-state index < -0.39 is 0 Å². The average Bonchev–Trinajstić information content (AvgIpc) is 2.59. The van der Waals surface area contributed by atoms with Crippen molar-refractivity contribution < 1.29 is 10.3 Å². The SMILES string of the molecule is CC(C)Cc1cn(O)cc1-c1ccc(O)cc1. The van der Waals surface area contributed by atoms with Crippen LogP contribution in [0.4, 0.5) is 0 Å². The van der Waals surface area contributed by atoms with Crippen LogP contribution in [0.15, 0.2) is 36.7 Å². The number of aromatic nitrogens is 1. The third-order valence-corrected chi connectivity index (χ3v) is 2.70. The standard InChI is InChI=1S/C14H17NO2/c1-10(2)7-12-8-15(17)9-14(12)11-3-5-13(16)6-4-11/h3-6,8-10,16-17H,7H2,1-2H3. The summed E-state index contributed by atoms with van der Waals surface area (Å²) in [5.74, 6) is 0.788. The fraction of sp³-hybridized carbons (Fsp3) is 0.286. The lowest BCUT2D eigenvalue weighted by Crippen LogP contribution is -1.94. The first-order chi connectivity index (χ1) is 8.06. The first-order valence-corrected chi connectivity index (χ1v) is 5.76. The number of benzene rings is 1. The Morgan fingerprint density at radius 2 is 1.76 bits per heavy atom. The Hall–Kier alpha value is -1.90. The molecule has 0 aliphatic rings. The molecule has 0 fully saturated rings. The van der Waals surface area contributed by atoms with Gasteiger partial charge in [-0.3, -0.25) is 0 Å². The summed E-state index contributed by atoms with van der Waals surface area (Å²) >= 11 is 0. The Morgan fingerprint density at radius 1 is 1.12 bits per heavy atom. The van der Waals surface area contributed by atoms with Gasteiger partial charge in [0.25, 0.3) is 0 Å². The molecular formula is C14H17NO2. The molecule has 0 atom stereocenters. The number of phenolic OH excluding ortho intramolecular Hbond substituents is 1. The van der Waals surface area contributed by atoms with Crippen molar-refractivity contribution in [3.8, 4) is 16.9 Å². The predicted octanol–water partition coefficient (Wildman–Crippen LogP) is 3.30. The summed E-state index contributed by atoms with van der Waals surface area (Å²) in [5.41, 5.74) is 3.14. The Balaban J connectivity index is 2.40. The normalized spacial score (nSPS) is 11.0. The number of nitrogens with zero attached hydrogens (tertiary/aromatic N) is 1.